The highest BCUT2D eigenvalue weighted by molar-refractivity contribution is 5.70. The van der Waals surface area contributed by atoms with Crippen LogP contribution in [0.1, 0.15) is 46.5 Å². The molecule has 2 atom stereocenters. The van der Waals surface area contributed by atoms with Crippen LogP contribution in [0.4, 0.5) is 17.3 Å². The molecule has 1 fully saturated rings. The molecule has 7 heteroatoms. The van der Waals surface area contributed by atoms with E-state index in [-0.39, 0.29) is 22.7 Å². The van der Waals surface area contributed by atoms with Crippen LogP contribution in [0.25, 0.3) is 0 Å². The minimum atomic E-state index is -0.374. The van der Waals surface area contributed by atoms with E-state index in [1.54, 1.807) is 0 Å². The van der Waals surface area contributed by atoms with E-state index in [9.17, 15) is 10.1 Å². The molecule has 2 heterocycles. The van der Waals surface area contributed by atoms with E-state index >= 15 is 0 Å². The number of anilines is 2. The van der Waals surface area contributed by atoms with Gasteiger partial charge in [0.05, 0.1) is 4.92 Å². The van der Waals surface area contributed by atoms with Crippen molar-refractivity contribution in [1.29, 1.82) is 0 Å². The van der Waals surface area contributed by atoms with Crippen molar-refractivity contribution in [2.45, 2.75) is 58.5 Å². The van der Waals surface area contributed by atoms with Gasteiger partial charge in [-0.25, -0.2) is 9.97 Å². The van der Waals surface area contributed by atoms with E-state index in [4.69, 9.17) is 0 Å². The zero-order valence-corrected chi connectivity index (χ0v) is 12.9. The lowest BCUT2D eigenvalue weighted by Crippen LogP contribution is -2.38. The molecule has 0 spiro atoms. The van der Waals surface area contributed by atoms with Crippen LogP contribution in [-0.4, -0.2) is 33.5 Å². The predicted octanol–water partition coefficient (Wildman–Crippen LogP) is 2.97. The normalized spacial score (nSPS) is 20.1. The topological polar surface area (TPSA) is 84.2 Å². The summed E-state index contributed by atoms with van der Waals surface area (Å²) < 4.78 is 0. The number of hydrogen-bond donors (Lipinski definition) is 1. The Morgan fingerprint density at radius 2 is 2.29 bits per heavy atom. The van der Waals surface area contributed by atoms with Crippen LogP contribution in [-0.2, 0) is 0 Å². The highest BCUT2D eigenvalue weighted by Crippen LogP contribution is 2.35. The molecule has 0 aliphatic carbocycles. The fourth-order valence-corrected chi connectivity index (χ4v) is 2.60. The van der Waals surface area contributed by atoms with Gasteiger partial charge in [-0.1, -0.05) is 6.92 Å². The summed E-state index contributed by atoms with van der Waals surface area (Å²) in [5, 5.41) is 14.6. The molecule has 2 rings (SSSR count). The Morgan fingerprint density at radius 3 is 2.90 bits per heavy atom. The minimum absolute atomic E-state index is 0.00782. The summed E-state index contributed by atoms with van der Waals surface area (Å²) in [4.78, 5) is 21.5. The van der Waals surface area contributed by atoms with Crippen molar-refractivity contribution in [2.75, 3.05) is 16.8 Å². The summed E-state index contributed by atoms with van der Waals surface area (Å²) >= 11 is 0. The van der Waals surface area contributed by atoms with Crippen LogP contribution in [0.2, 0.25) is 0 Å². The zero-order valence-electron chi connectivity index (χ0n) is 12.9. The molecule has 1 aromatic rings. The van der Waals surface area contributed by atoms with Gasteiger partial charge in [0.2, 0.25) is 11.6 Å². The summed E-state index contributed by atoms with van der Waals surface area (Å²) in [5.74, 6) is 0.755. The molecular weight excluding hydrogens is 270 g/mol. The van der Waals surface area contributed by atoms with Crippen LogP contribution in [0, 0.1) is 10.1 Å². The van der Waals surface area contributed by atoms with Crippen LogP contribution in [0.15, 0.2) is 6.33 Å². The quantitative estimate of drug-likeness (QED) is 0.663. The van der Waals surface area contributed by atoms with Gasteiger partial charge in [0.1, 0.15) is 6.33 Å². The molecule has 2 unspecified atom stereocenters. The van der Waals surface area contributed by atoms with E-state index in [1.807, 2.05) is 18.7 Å². The number of hydrogen-bond acceptors (Lipinski definition) is 6. The number of nitrogens with zero attached hydrogens (tertiary/aromatic N) is 4. The molecule has 116 valence electrons. The van der Waals surface area contributed by atoms with Gasteiger partial charge in [-0.15, -0.1) is 0 Å². The summed E-state index contributed by atoms with van der Waals surface area (Å²) in [5.41, 5.74) is -0.00782. The maximum Gasteiger partial charge on any atom is 0.353 e. The molecule has 0 amide bonds. The highest BCUT2D eigenvalue weighted by Gasteiger charge is 2.30. The molecule has 1 saturated heterocycles. The molecule has 0 radical (unpaired) electrons. The summed E-state index contributed by atoms with van der Waals surface area (Å²) in [6.45, 7) is 6.90. The molecule has 21 heavy (non-hydrogen) atoms. The van der Waals surface area contributed by atoms with Crippen LogP contribution < -0.4 is 10.2 Å². The van der Waals surface area contributed by atoms with Gasteiger partial charge >= 0.3 is 5.69 Å². The Labute approximate surface area is 124 Å². The predicted molar refractivity (Wildman–Crippen MR) is 82.7 cm³/mol. The zero-order chi connectivity index (χ0) is 15.4. The second kappa shape index (κ2) is 6.69. The van der Waals surface area contributed by atoms with Crippen molar-refractivity contribution in [3.8, 4) is 0 Å². The highest BCUT2D eigenvalue weighted by atomic mass is 16.6. The number of rotatable bonds is 5. The first kappa shape index (κ1) is 15.5. The molecule has 0 aromatic carbocycles. The standard InChI is InChI=1S/C14H23N5O2/c1-4-10(2)17-13-12(19(20)21)14(16-9-15-13)18-8-6-5-7-11(18)3/h9-11H,4-8H2,1-3H3,(H,15,16,17). The van der Waals surface area contributed by atoms with Crippen molar-refractivity contribution in [1.82, 2.24) is 9.97 Å². The van der Waals surface area contributed by atoms with Gasteiger partial charge in [-0.05, 0) is 39.5 Å². The molecule has 1 aliphatic heterocycles. The lowest BCUT2D eigenvalue weighted by Gasteiger charge is -2.34. The summed E-state index contributed by atoms with van der Waals surface area (Å²) in [7, 11) is 0. The van der Waals surface area contributed by atoms with Crippen LogP contribution in [0.3, 0.4) is 0 Å². The first-order chi connectivity index (χ1) is 10.0. The average molecular weight is 293 g/mol. The third-order valence-corrected chi connectivity index (χ3v) is 4.06. The first-order valence-corrected chi connectivity index (χ1v) is 7.57. The number of piperidine rings is 1. The van der Waals surface area contributed by atoms with Crippen molar-refractivity contribution >= 4 is 17.3 Å². The third kappa shape index (κ3) is 3.40. The third-order valence-electron chi connectivity index (χ3n) is 4.06. The average Bonchev–Trinajstić information content (AvgIpc) is 2.47. The molecule has 0 saturated carbocycles. The Morgan fingerprint density at radius 1 is 1.52 bits per heavy atom. The lowest BCUT2D eigenvalue weighted by atomic mass is 10.0. The Kier molecular flexibility index (Phi) is 4.93. The van der Waals surface area contributed by atoms with Crippen LogP contribution in [0.5, 0.6) is 0 Å². The Balaban J connectivity index is 2.40. The fraction of sp³-hybridized carbons (Fsp3) is 0.714. The largest absolute Gasteiger partial charge is 0.362 e. The molecule has 0 bridgehead atoms. The van der Waals surface area contributed by atoms with Gasteiger partial charge in [0.25, 0.3) is 0 Å². The molecule has 1 N–H and O–H groups in total. The second-order valence-corrected chi connectivity index (χ2v) is 5.64. The minimum Gasteiger partial charge on any atom is -0.362 e. The number of nitrogens with one attached hydrogen (secondary N) is 1. The molecular formula is C14H23N5O2. The van der Waals surface area contributed by atoms with Gasteiger partial charge in [0, 0.05) is 18.6 Å². The van der Waals surface area contributed by atoms with Gasteiger partial charge < -0.3 is 10.2 Å². The Bertz CT molecular complexity index is 508. The molecule has 1 aliphatic rings. The van der Waals surface area contributed by atoms with Crippen molar-refractivity contribution in [3.05, 3.63) is 16.4 Å². The molecule has 1 aromatic heterocycles. The maximum atomic E-state index is 11.5. The number of aromatic nitrogens is 2. The van der Waals surface area contributed by atoms with Crippen molar-refractivity contribution < 1.29 is 4.92 Å². The fourth-order valence-electron chi connectivity index (χ4n) is 2.60. The van der Waals surface area contributed by atoms with Gasteiger partial charge in [0.15, 0.2) is 0 Å². The number of nitro groups is 1. The van der Waals surface area contributed by atoms with E-state index in [1.165, 1.54) is 6.33 Å². The second-order valence-electron chi connectivity index (χ2n) is 5.64. The summed E-state index contributed by atoms with van der Waals surface area (Å²) in [6, 6.07) is 0.397. The molecule has 7 nitrogen and oxygen atoms in total. The van der Waals surface area contributed by atoms with Crippen LogP contribution >= 0.6 is 0 Å². The van der Waals surface area contributed by atoms with E-state index in [0.717, 1.165) is 32.2 Å². The monoisotopic (exact) mass is 293 g/mol. The van der Waals surface area contributed by atoms with Crippen molar-refractivity contribution in [2.24, 2.45) is 0 Å². The smallest absolute Gasteiger partial charge is 0.353 e. The van der Waals surface area contributed by atoms with E-state index in [0.29, 0.717) is 11.6 Å². The first-order valence-electron chi connectivity index (χ1n) is 7.57. The summed E-state index contributed by atoms with van der Waals surface area (Å²) in [6.07, 6.45) is 5.52. The maximum absolute atomic E-state index is 11.5. The van der Waals surface area contributed by atoms with Gasteiger partial charge in [-0.2, -0.15) is 0 Å². The van der Waals surface area contributed by atoms with E-state index in [2.05, 4.69) is 22.2 Å². The van der Waals surface area contributed by atoms with Crippen molar-refractivity contribution in [3.63, 3.8) is 0 Å². The lowest BCUT2D eigenvalue weighted by molar-refractivity contribution is -0.383. The van der Waals surface area contributed by atoms with E-state index < -0.39 is 0 Å². The van der Waals surface area contributed by atoms with Gasteiger partial charge in [-0.3, -0.25) is 10.1 Å². The Hall–Kier alpha value is -1.92. The SMILES string of the molecule is CCC(C)Nc1ncnc(N2CCCCC2C)c1[N+](=O)[O-].